The molecule has 1 N–H and O–H groups in total. The first-order valence-electron chi connectivity index (χ1n) is 10.1. The fraction of sp³-hybridized carbons (Fsp3) is 0.364. The third-order valence-electron chi connectivity index (χ3n) is 5.64. The molecular formula is C22H23N5O2S. The predicted octanol–water partition coefficient (Wildman–Crippen LogP) is 4.42. The molecule has 1 fully saturated rings. The summed E-state index contributed by atoms with van der Waals surface area (Å²) in [4.78, 5) is 26.7. The van der Waals surface area contributed by atoms with Crippen LogP contribution in [-0.2, 0) is 4.74 Å². The van der Waals surface area contributed by atoms with Crippen molar-refractivity contribution in [1.29, 1.82) is 0 Å². The van der Waals surface area contributed by atoms with E-state index in [4.69, 9.17) is 9.72 Å². The van der Waals surface area contributed by atoms with E-state index < -0.39 is 0 Å². The van der Waals surface area contributed by atoms with Gasteiger partial charge in [-0.15, -0.1) is 11.3 Å². The first kappa shape index (κ1) is 19.1. The summed E-state index contributed by atoms with van der Waals surface area (Å²) in [7, 11) is 0. The lowest BCUT2D eigenvalue weighted by molar-refractivity contribution is 0.0697. The maximum Gasteiger partial charge on any atom is 0.252 e. The van der Waals surface area contributed by atoms with E-state index in [1.54, 1.807) is 23.6 Å². The third-order valence-corrected chi connectivity index (χ3v) is 6.58. The van der Waals surface area contributed by atoms with Crippen molar-refractivity contribution >= 4 is 44.2 Å². The summed E-state index contributed by atoms with van der Waals surface area (Å²) >= 11 is 1.69. The van der Waals surface area contributed by atoms with Gasteiger partial charge in [-0.05, 0) is 56.9 Å². The lowest BCUT2D eigenvalue weighted by Crippen LogP contribution is -2.30. The van der Waals surface area contributed by atoms with E-state index in [2.05, 4.69) is 28.3 Å². The van der Waals surface area contributed by atoms with E-state index in [1.807, 2.05) is 24.5 Å². The number of rotatable bonds is 3. The SMILES string of the molecule is Cc1nc2cc(Nc3ncc4c(C)cc(=O)n(C5CCOCC5)c4n3)c(C)cc2s1. The molecule has 30 heavy (non-hydrogen) atoms. The van der Waals surface area contributed by atoms with Gasteiger partial charge < -0.3 is 10.1 Å². The van der Waals surface area contributed by atoms with Gasteiger partial charge in [0.15, 0.2) is 0 Å². The first-order valence-corrected chi connectivity index (χ1v) is 10.9. The van der Waals surface area contributed by atoms with Crippen LogP contribution in [0.3, 0.4) is 0 Å². The van der Waals surface area contributed by atoms with Crippen molar-refractivity contribution in [3.8, 4) is 0 Å². The summed E-state index contributed by atoms with van der Waals surface area (Å²) in [5, 5.41) is 5.28. The van der Waals surface area contributed by atoms with E-state index in [-0.39, 0.29) is 11.6 Å². The molecule has 1 aromatic carbocycles. The Bertz CT molecular complexity index is 1320. The van der Waals surface area contributed by atoms with Crippen molar-refractivity contribution in [1.82, 2.24) is 19.5 Å². The van der Waals surface area contributed by atoms with Crippen LogP contribution in [0.25, 0.3) is 21.3 Å². The highest BCUT2D eigenvalue weighted by atomic mass is 32.1. The Labute approximate surface area is 177 Å². The van der Waals surface area contributed by atoms with Crippen molar-refractivity contribution in [3.05, 3.63) is 50.9 Å². The Kier molecular flexibility index (Phi) is 4.75. The highest BCUT2D eigenvalue weighted by Crippen LogP contribution is 2.30. The molecule has 8 heteroatoms. The van der Waals surface area contributed by atoms with Crippen LogP contribution in [0.2, 0.25) is 0 Å². The van der Waals surface area contributed by atoms with Gasteiger partial charge in [-0.1, -0.05) is 0 Å². The van der Waals surface area contributed by atoms with Crippen molar-refractivity contribution in [3.63, 3.8) is 0 Å². The molecule has 0 unspecified atom stereocenters. The molecule has 0 bridgehead atoms. The van der Waals surface area contributed by atoms with Crippen LogP contribution >= 0.6 is 11.3 Å². The summed E-state index contributed by atoms with van der Waals surface area (Å²) < 4.78 is 8.47. The monoisotopic (exact) mass is 421 g/mol. The molecule has 0 atom stereocenters. The maximum atomic E-state index is 12.9. The predicted molar refractivity (Wildman–Crippen MR) is 120 cm³/mol. The molecule has 0 aliphatic carbocycles. The minimum absolute atomic E-state index is 0.0212. The summed E-state index contributed by atoms with van der Waals surface area (Å²) in [5.74, 6) is 0.475. The topological polar surface area (TPSA) is 81.9 Å². The third kappa shape index (κ3) is 3.36. The zero-order valence-corrected chi connectivity index (χ0v) is 18.0. The fourth-order valence-corrected chi connectivity index (χ4v) is 4.98. The summed E-state index contributed by atoms with van der Waals surface area (Å²) in [6.07, 6.45) is 3.42. The Morgan fingerprint density at radius 1 is 1.10 bits per heavy atom. The number of nitrogens with one attached hydrogen (secondary N) is 1. The molecule has 4 heterocycles. The largest absolute Gasteiger partial charge is 0.381 e. The zero-order chi connectivity index (χ0) is 20.8. The van der Waals surface area contributed by atoms with Gasteiger partial charge in [-0.25, -0.2) is 9.97 Å². The fourth-order valence-electron chi connectivity index (χ4n) is 4.07. The van der Waals surface area contributed by atoms with Crippen LogP contribution in [0.5, 0.6) is 0 Å². The average Bonchev–Trinajstić information content (AvgIpc) is 3.07. The molecule has 5 rings (SSSR count). The number of ether oxygens (including phenoxy) is 1. The standard InChI is InChI=1S/C22H23N5O2S/c1-12-9-20(28)27(15-4-6-29-7-5-15)21-16(12)11-23-22(26-21)25-17-10-18-19(8-13(17)2)30-14(3)24-18/h8-11,15H,4-7H2,1-3H3,(H,23,25,26). The van der Waals surface area contributed by atoms with Gasteiger partial charge in [0, 0.05) is 42.6 Å². The summed E-state index contributed by atoms with van der Waals surface area (Å²) in [6, 6.07) is 5.93. The molecule has 154 valence electrons. The average molecular weight is 422 g/mol. The number of aromatic nitrogens is 4. The van der Waals surface area contributed by atoms with Crippen LogP contribution in [0.4, 0.5) is 11.6 Å². The van der Waals surface area contributed by atoms with E-state index in [1.165, 1.54) is 4.70 Å². The second-order valence-corrected chi connectivity index (χ2v) is 9.04. The molecule has 1 aliphatic heterocycles. The van der Waals surface area contributed by atoms with Gasteiger partial charge >= 0.3 is 0 Å². The maximum absolute atomic E-state index is 12.9. The summed E-state index contributed by atoms with van der Waals surface area (Å²) in [6.45, 7) is 7.32. The number of benzene rings is 1. The van der Waals surface area contributed by atoms with Gasteiger partial charge in [-0.2, -0.15) is 4.98 Å². The van der Waals surface area contributed by atoms with Crippen molar-refractivity contribution in [2.75, 3.05) is 18.5 Å². The number of fused-ring (bicyclic) bond motifs is 2. The Morgan fingerprint density at radius 3 is 2.70 bits per heavy atom. The van der Waals surface area contributed by atoms with Gasteiger partial charge in [0.25, 0.3) is 5.56 Å². The molecule has 3 aromatic heterocycles. The van der Waals surface area contributed by atoms with Gasteiger partial charge in [0.2, 0.25) is 5.95 Å². The van der Waals surface area contributed by atoms with Gasteiger partial charge in [0.05, 0.1) is 15.2 Å². The second kappa shape index (κ2) is 7.45. The minimum atomic E-state index is -0.0212. The number of thiazole rings is 1. The van der Waals surface area contributed by atoms with Crippen LogP contribution in [0, 0.1) is 20.8 Å². The summed E-state index contributed by atoms with van der Waals surface area (Å²) in [5.41, 5.74) is 4.52. The first-order chi connectivity index (χ1) is 14.5. The Hall–Kier alpha value is -2.84. The smallest absolute Gasteiger partial charge is 0.252 e. The van der Waals surface area contributed by atoms with Crippen LogP contribution < -0.4 is 10.9 Å². The van der Waals surface area contributed by atoms with E-state index in [0.717, 1.165) is 45.6 Å². The van der Waals surface area contributed by atoms with Crippen LogP contribution in [0.15, 0.2) is 29.2 Å². The molecular weight excluding hydrogens is 398 g/mol. The van der Waals surface area contributed by atoms with Crippen molar-refractivity contribution in [2.24, 2.45) is 0 Å². The van der Waals surface area contributed by atoms with E-state index >= 15 is 0 Å². The highest BCUT2D eigenvalue weighted by molar-refractivity contribution is 7.18. The Balaban J connectivity index is 1.60. The number of pyridine rings is 1. The Morgan fingerprint density at radius 2 is 1.90 bits per heavy atom. The van der Waals surface area contributed by atoms with Gasteiger partial charge in [-0.3, -0.25) is 9.36 Å². The number of hydrogen-bond donors (Lipinski definition) is 1. The molecule has 1 saturated heterocycles. The van der Waals surface area contributed by atoms with Gasteiger partial charge in [0.1, 0.15) is 5.65 Å². The van der Waals surface area contributed by atoms with E-state index in [0.29, 0.717) is 24.8 Å². The van der Waals surface area contributed by atoms with Crippen molar-refractivity contribution < 1.29 is 4.74 Å². The molecule has 4 aromatic rings. The molecule has 0 amide bonds. The number of anilines is 2. The number of aryl methyl sites for hydroxylation is 3. The molecule has 7 nitrogen and oxygen atoms in total. The molecule has 1 aliphatic rings. The quantitative estimate of drug-likeness (QED) is 0.527. The molecule has 0 saturated carbocycles. The normalized spacial score (nSPS) is 15.2. The number of nitrogens with zero attached hydrogens (tertiary/aromatic N) is 4. The van der Waals surface area contributed by atoms with Crippen molar-refractivity contribution in [2.45, 2.75) is 39.7 Å². The zero-order valence-electron chi connectivity index (χ0n) is 17.2. The van der Waals surface area contributed by atoms with Crippen LogP contribution in [0.1, 0.15) is 35.0 Å². The lowest BCUT2D eigenvalue weighted by Gasteiger charge is -2.25. The molecule has 0 radical (unpaired) electrons. The molecule has 0 spiro atoms. The van der Waals surface area contributed by atoms with E-state index in [9.17, 15) is 4.79 Å². The second-order valence-electron chi connectivity index (χ2n) is 7.80. The lowest BCUT2D eigenvalue weighted by atomic mass is 10.1. The highest BCUT2D eigenvalue weighted by Gasteiger charge is 2.21. The number of hydrogen-bond acceptors (Lipinski definition) is 7. The van der Waals surface area contributed by atoms with Crippen LogP contribution in [-0.4, -0.2) is 32.7 Å². The minimum Gasteiger partial charge on any atom is -0.381 e.